The van der Waals surface area contributed by atoms with Gasteiger partial charge in [-0.1, -0.05) is 32.0 Å². The van der Waals surface area contributed by atoms with Crippen LogP contribution in [0, 0.1) is 5.92 Å². The minimum absolute atomic E-state index is 0.0969. The number of rotatable bonds is 6. The number of hydrogen-bond acceptors (Lipinski definition) is 6. The quantitative estimate of drug-likeness (QED) is 0.647. The van der Waals surface area contributed by atoms with Crippen LogP contribution in [0.25, 0.3) is 0 Å². The van der Waals surface area contributed by atoms with Crippen molar-refractivity contribution in [1.82, 2.24) is 9.80 Å². The summed E-state index contributed by atoms with van der Waals surface area (Å²) in [5, 5.41) is 0. The van der Waals surface area contributed by atoms with Gasteiger partial charge in [0.2, 0.25) is 0 Å². The number of nitrogens with one attached hydrogen (secondary N) is 1. The normalized spacial score (nSPS) is 22.5. The molecule has 9 heteroatoms. The van der Waals surface area contributed by atoms with Gasteiger partial charge in [0.1, 0.15) is 12.4 Å². The number of carbonyl (C=O) groups is 1. The molecular formula is C26H37N3O5S. The number of fused-ring (bicyclic) bond motifs is 1. The molecule has 0 saturated carbocycles. The molecule has 0 saturated heterocycles. The van der Waals surface area contributed by atoms with Crippen LogP contribution in [0.5, 0.6) is 5.75 Å². The van der Waals surface area contributed by atoms with Crippen LogP contribution in [0.1, 0.15) is 37.6 Å². The summed E-state index contributed by atoms with van der Waals surface area (Å²) in [5.41, 5.74) is 0.712. The van der Waals surface area contributed by atoms with Gasteiger partial charge in [-0.15, -0.1) is 0 Å². The Bertz CT molecular complexity index is 1090. The van der Waals surface area contributed by atoms with Gasteiger partial charge in [-0.3, -0.25) is 14.4 Å². The molecule has 192 valence electrons. The van der Waals surface area contributed by atoms with E-state index in [1.807, 2.05) is 0 Å². The van der Waals surface area contributed by atoms with Crippen LogP contribution in [0.15, 0.2) is 53.4 Å². The van der Waals surface area contributed by atoms with E-state index in [1.165, 1.54) is 12.1 Å². The van der Waals surface area contributed by atoms with Crippen molar-refractivity contribution in [3.63, 3.8) is 0 Å². The van der Waals surface area contributed by atoms with Gasteiger partial charge in [0.15, 0.2) is 0 Å². The second-order valence-corrected chi connectivity index (χ2v) is 10.9. The number of amides is 1. The number of carbonyl (C=O) groups excluding carboxylic acids is 1. The zero-order valence-corrected chi connectivity index (χ0v) is 22.0. The van der Waals surface area contributed by atoms with Crippen LogP contribution in [0.4, 0.5) is 5.69 Å². The molecule has 0 aromatic heterocycles. The van der Waals surface area contributed by atoms with Gasteiger partial charge in [-0.2, -0.15) is 0 Å². The molecule has 3 atom stereocenters. The molecule has 0 aliphatic carbocycles. The highest BCUT2D eigenvalue weighted by Crippen LogP contribution is 2.28. The first-order chi connectivity index (χ1) is 16.7. The van der Waals surface area contributed by atoms with E-state index in [1.54, 1.807) is 55.5 Å². The Balaban J connectivity index is 1.95. The van der Waals surface area contributed by atoms with Crippen molar-refractivity contribution in [3.8, 4) is 5.75 Å². The second kappa shape index (κ2) is 11.9. The van der Waals surface area contributed by atoms with Gasteiger partial charge in [0.25, 0.3) is 15.9 Å². The first-order valence-electron chi connectivity index (χ1n) is 12.0. The van der Waals surface area contributed by atoms with Gasteiger partial charge >= 0.3 is 0 Å². The molecule has 35 heavy (non-hydrogen) atoms. The summed E-state index contributed by atoms with van der Waals surface area (Å²) in [4.78, 5) is 17.5. The third-order valence-corrected chi connectivity index (χ3v) is 7.79. The van der Waals surface area contributed by atoms with Crippen molar-refractivity contribution in [3.05, 3.63) is 54.1 Å². The fourth-order valence-electron chi connectivity index (χ4n) is 4.32. The molecular weight excluding hydrogens is 466 g/mol. The van der Waals surface area contributed by atoms with Crippen LogP contribution in [0.3, 0.4) is 0 Å². The summed E-state index contributed by atoms with van der Waals surface area (Å²) in [5.74, 6) is 0.365. The Labute approximate surface area is 209 Å². The zero-order chi connectivity index (χ0) is 25.6. The third kappa shape index (κ3) is 6.74. The molecule has 1 aliphatic heterocycles. The van der Waals surface area contributed by atoms with Crippen LogP contribution in [0.2, 0.25) is 0 Å². The van der Waals surface area contributed by atoms with E-state index >= 15 is 0 Å². The summed E-state index contributed by atoms with van der Waals surface area (Å²) < 4.78 is 40.1. The maximum atomic E-state index is 13.3. The molecule has 0 unspecified atom stereocenters. The smallest absolute Gasteiger partial charge is 0.261 e. The fraction of sp³-hybridized carbons (Fsp3) is 0.500. The van der Waals surface area contributed by atoms with Crippen molar-refractivity contribution in [2.75, 3.05) is 45.1 Å². The summed E-state index contributed by atoms with van der Waals surface area (Å²) in [6, 6.07) is 13.0. The molecule has 0 bridgehead atoms. The number of likely N-dealkylation sites (N-methyl/N-ethyl adjacent to an activating group) is 1. The first-order valence-corrected chi connectivity index (χ1v) is 13.5. The van der Waals surface area contributed by atoms with E-state index in [4.69, 9.17) is 9.47 Å². The van der Waals surface area contributed by atoms with Gasteiger partial charge in [0.05, 0.1) is 22.3 Å². The minimum atomic E-state index is -3.77. The Kier molecular flexibility index (Phi) is 9.15. The maximum absolute atomic E-state index is 13.3. The molecule has 2 aromatic rings. The highest BCUT2D eigenvalue weighted by molar-refractivity contribution is 7.92. The van der Waals surface area contributed by atoms with Crippen molar-refractivity contribution in [2.24, 2.45) is 5.92 Å². The third-order valence-electron chi connectivity index (χ3n) is 6.39. The molecule has 0 radical (unpaired) electrons. The van der Waals surface area contributed by atoms with Crippen LogP contribution in [-0.2, 0) is 14.8 Å². The van der Waals surface area contributed by atoms with Crippen molar-refractivity contribution >= 4 is 21.6 Å². The number of methoxy groups -OCH3 is 1. The lowest BCUT2D eigenvalue weighted by molar-refractivity contribution is 0.0108. The zero-order valence-electron chi connectivity index (χ0n) is 21.2. The molecule has 0 spiro atoms. The summed E-state index contributed by atoms with van der Waals surface area (Å²) in [7, 11) is -0.347. The van der Waals surface area contributed by atoms with Gasteiger partial charge in [-0.25, -0.2) is 8.42 Å². The van der Waals surface area contributed by atoms with Crippen LogP contribution < -0.4 is 9.46 Å². The second-order valence-electron chi connectivity index (χ2n) is 9.22. The van der Waals surface area contributed by atoms with E-state index in [0.717, 1.165) is 19.5 Å². The van der Waals surface area contributed by atoms with E-state index < -0.39 is 10.0 Å². The number of anilines is 1. The Morgan fingerprint density at radius 1 is 1.11 bits per heavy atom. The van der Waals surface area contributed by atoms with Gasteiger partial charge < -0.3 is 14.4 Å². The highest BCUT2D eigenvalue weighted by atomic mass is 32.2. The predicted octanol–water partition coefficient (Wildman–Crippen LogP) is 3.70. The average Bonchev–Trinajstić information content (AvgIpc) is 2.84. The SMILES string of the molecule is CCCN1C[C@@H](C)[C@@H](OC)CN(C)C(=O)c2ccc(NS(=O)(=O)c3ccccc3)cc2OC[C@@H]1C. The highest BCUT2D eigenvalue weighted by Gasteiger charge is 2.28. The van der Waals surface area contributed by atoms with E-state index in [2.05, 4.69) is 30.4 Å². The van der Waals surface area contributed by atoms with Crippen molar-refractivity contribution in [2.45, 2.75) is 44.2 Å². The number of sulfonamides is 1. The Morgan fingerprint density at radius 2 is 1.83 bits per heavy atom. The molecule has 1 amide bonds. The Morgan fingerprint density at radius 3 is 2.49 bits per heavy atom. The largest absolute Gasteiger partial charge is 0.491 e. The maximum Gasteiger partial charge on any atom is 0.261 e. The standard InChI is InChI=1S/C26H37N3O5S/c1-6-14-29-16-19(2)25(33-5)17-28(4)26(30)23-13-12-21(15-24(23)34-18-20(29)3)27-35(31,32)22-10-8-7-9-11-22/h7-13,15,19-20,25,27H,6,14,16-18H2,1-5H3/t19-,20+,25+/m1/s1. The Hall–Kier alpha value is -2.62. The van der Waals surface area contributed by atoms with Crippen molar-refractivity contribution in [1.29, 1.82) is 0 Å². The molecule has 2 aromatic carbocycles. The van der Waals surface area contributed by atoms with E-state index in [-0.39, 0.29) is 28.9 Å². The number of nitrogens with zero attached hydrogens (tertiary/aromatic N) is 2. The monoisotopic (exact) mass is 503 g/mol. The van der Waals surface area contributed by atoms with Gasteiger partial charge in [-0.05, 0) is 50.1 Å². The first kappa shape index (κ1) is 27.0. The number of benzene rings is 2. The summed E-state index contributed by atoms with van der Waals surface area (Å²) >= 11 is 0. The van der Waals surface area contributed by atoms with E-state index in [0.29, 0.717) is 30.2 Å². The summed E-state index contributed by atoms with van der Waals surface area (Å²) in [6.45, 7) is 8.94. The topological polar surface area (TPSA) is 88.2 Å². The fourth-order valence-corrected chi connectivity index (χ4v) is 5.39. The predicted molar refractivity (Wildman–Crippen MR) is 137 cm³/mol. The average molecular weight is 504 g/mol. The van der Waals surface area contributed by atoms with Crippen LogP contribution in [-0.4, -0.2) is 76.7 Å². The molecule has 0 fully saturated rings. The van der Waals surface area contributed by atoms with Gasteiger partial charge in [0, 0.05) is 39.4 Å². The molecule has 1 aliphatic rings. The van der Waals surface area contributed by atoms with Crippen LogP contribution >= 0.6 is 0 Å². The lowest BCUT2D eigenvalue weighted by Crippen LogP contribution is -2.46. The van der Waals surface area contributed by atoms with Crippen molar-refractivity contribution < 1.29 is 22.7 Å². The summed E-state index contributed by atoms with van der Waals surface area (Å²) in [6.07, 6.45) is 0.894. The number of hydrogen-bond donors (Lipinski definition) is 1. The number of ether oxygens (including phenoxy) is 2. The molecule has 3 rings (SSSR count). The van der Waals surface area contributed by atoms with E-state index in [9.17, 15) is 13.2 Å². The molecule has 1 N–H and O–H groups in total. The lowest BCUT2D eigenvalue weighted by Gasteiger charge is -2.35. The molecule has 1 heterocycles. The minimum Gasteiger partial charge on any atom is -0.491 e. The lowest BCUT2D eigenvalue weighted by atomic mass is 10.0. The molecule has 8 nitrogen and oxygen atoms in total.